The normalized spacial score (nSPS) is 11.2. The molecule has 0 radical (unpaired) electrons. The number of thioether (sulfide) groups is 1. The lowest BCUT2D eigenvalue weighted by molar-refractivity contribution is -0.113. The van der Waals surface area contributed by atoms with Crippen LogP contribution in [0, 0.1) is 0 Å². The van der Waals surface area contributed by atoms with Crippen LogP contribution in [0.1, 0.15) is 36.7 Å². The molecule has 0 spiro atoms. The monoisotopic (exact) mass is 468 g/mol. The standard InChI is InChI=1S/C23H28N6O3S/c1-23(2,3)17-7-11-19(12-8-17)32-14-13-24-21(31)16-5-9-18(10-6-16)25-20(30)15-33-22-26-27-28-29(22)4/h5-12H,13-15H2,1-4H3,(H,24,31)(H,25,30). The van der Waals surface area contributed by atoms with Crippen LogP contribution < -0.4 is 15.4 Å². The molecule has 0 unspecified atom stereocenters. The maximum atomic E-state index is 12.3. The summed E-state index contributed by atoms with van der Waals surface area (Å²) in [6.45, 7) is 7.24. The van der Waals surface area contributed by atoms with E-state index in [1.54, 1.807) is 31.3 Å². The molecule has 174 valence electrons. The number of hydrogen-bond acceptors (Lipinski definition) is 7. The zero-order chi connectivity index (χ0) is 23.8. The van der Waals surface area contributed by atoms with Crippen molar-refractivity contribution in [3.63, 3.8) is 0 Å². The Bertz CT molecular complexity index is 1070. The largest absolute Gasteiger partial charge is 0.492 e. The molecule has 0 bridgehead atoms. The molecule has 0 fully saturated rings. The van der Waals surface area contributed by atoms with Gasteiger partial charge < -0.3 is 15.4 Å². The van der Waals surface area contributed by atoms with Crippen LogP contribution in [0.3, 0.4) is 0 Å². The Kier molecular flexibility index (Phi) is 8.05. The highest BCUT2D eigenvalue weighted by Crippen LogP contribution is 2.24. The molecule has 2 N–H and O–H groups in total. The smallest absolute Gasteiger partial charge is 0.251 e. The number of nitrogens with one attached hydrogen (secondary N) is 2. The molecule has 0 saturated heterocycles. The molecule has 0 aliphatic carbocycles. The summed E-state index contributed by atoms with van der Waals surface area (Å²) in [5, 5.41) is 17.2. The third-order valence-corrected chi connectivity index (χ3v) is 5.73. The number of rotatable bonds is 9. The Morgan fingerprint density at radius 3 is 2.36 bits per heavy atom. The molecule has 0 saturated carbocycles. The van der Waals surface area contributed by atoms with Crippen LogP contribution in [0.5, 0.6) is 5.75 Å². The molecule has 0 aliphatic heterocycles. The fraction of sp³-hybridized carbons (Fsp3) is 0.348. The van der Waals surface area contributed by atoms with Crippen LogP contribution in [0.4, 0.5) is 5.69 Å². The third kappa shape index (κ3) is 7.31. The van der Waals surface area contributed by atoms with Crippen molar-refractivity contribution < 1.29 is 14.3 Å². The van der Waals surface area contributed by atoms with E-state index in [1.165, 1.54) is 22.0 Å². The van der Waals surface area contributed by atoms with E-state index in [1.807, 2.05) is 12.1 Å². The maximum Gasteiger partial charge on any atom is 0.251 e. The average molecular weight is 469 g/mol. The second-order valence-electron chi connectivity index (χ2n) is 8.38. The lowest BCUT2D eigenvalue weighted by Gasteiger charge is -2.19. The molecule has 10 heteroatoms. The van der Waals surface area contributed by atoms with E-state index >= 15 is 0 Å². The van der Waals surface area contributed by atoms with Crippen LogP contribution >= 0.6 is 11.8 Å². The van der Waals surface area contributed by atoms with Crippen molar-refractivity contribution in [2.45, 2.75) is 31.3 Å². The summed E-state index contributed by atoms with van der Waals surface area (Å²) >= 11 is 1.24. The van der Waals surface area contributed by atoms with Gasteiger partial charge in [0.15, 0.2) is 0 Å². The van der Waals surface area contributed by atoms with Crippen LogP contribution in [0.25, 0.3) is 0 Å². The molecule has 0 atom stereocenters. The van der Waals surface area contributed by atoms with Crippen molar-refractivity contribution in [1.29, 1.82) is 0 Å². The highest BCUT2D eigenvalue weighted by Gasteiger charge is 2.13. The number of carbonyl (C=O) groups is 2. The Morgan fingerprint density at radius 2 is 1.76 bits per heavy atom. The van der Waals surface area contributed by atoms with Gasteiger partial charge in [0.25, 0.3) is 5.91 Å². The van der Waals surface area contributed by atoms with Gasteiger partial charge in [-0.25, -0.2) is 4.68 Å². The Hall–Kier alpha value is -3.40. The van der Waals surface area contributed by atoms with E-state index < -0.39 is 0 Å². The topological polar surface area (TPSA) is 111 Å². The van der Waals surface area contributed by atoms with E-state index in [0.29, 0.717) is 29.6 Å². The first-order valence-corrected chi connectivity index (χ1v) is 11.5. The van der Waals surface area contributed by atoms with E-state index in [4.69, 9.17) is 4.74 Å². The predicted octanol–water partition coefficient (Wildman–Crippen LogP) is 3.05. The highest BCUT2D eigenvalue weighted by atomic mass is 32.2. The summed E-state index contributed by atoms with van der Waals surface area (Å²) in [5.41, 5.74) is 2.44. The lowest BCUT2D eigenvalue weighted by Crippen LogP contribution is -2.28. The summed E-state index contributed by atoms with van der Waals surface area (Å²) in [6.07, 6.45) is 0. The number of aromatic nitrogens is 4. The number of nitrogens with zero attached hydrogens (tertiary/aromatic N) is 4. The Morgan fingerprint density at radius 1 is 1.06 bits per heavy atom. The highest BCUT2D eigenvalue weighted by molar-refractivity contribution is 7.99. The summed E-state index contributed by atoms with van der Waals surface area (Å²) < 4.78 is 7.20. The van der Waals surface area contributed by atoms with Crippen LogP contribution in [0.2, 0.25) is 0 Å². The number of benzene rings is 2. The van der Waals surface area contributed by atoms with Crippen LogP contribution in [0.15, 0.2) is 53.7 Å². The van der Waals surface area contributed by atoms with Crippen molar-refractivity contribution in [2.24, 2.45) is 7.05 Å². The summed E-state index contributed by atoms with van der Waals surface area (Å²) in [6, 6.07) is 14.7. The van der Waals surface area contributed by atoms with Gasteiger partial charge >= 0.3 is 0 Å². The molecular weight excluding hydrogens is 440 g/mol. The molecule has 1 aromatic heterocycles. The molecule has 2 aromatic carbocycles. The average Bonchev–Trinajstić information content (AvgIpc) is 3.20. The zero-order valence-electron chi connectivity index (χ0n) is 19.2. The van der Waals surface area contributed by atoms with Crippen LogP contribution in [-0.2, 0) is 17.3 Å². The van der Waals surface area contributed by atoms with E-state index in [-0.39, 0.29) is 23.0 Å². The van der Waals surface area contributed by atoms with Crippen molar-refractivity contribution in [2.75, 3.05) is 24.2 Å². The minimum absolute atomic E-state index is 0.0960. The second-order valence-corrected chi connectivity index (χ2v) is 9.32. The number of hydrogen-bond donors (Lipinski definition) is 2. The van der Waals surface area contributed by atoms with Gasteiger partial charge in [-0.3, -0.25) is 9.59 Å². The summed E-state index contributed by atoms with van der Waals surface area (Å²) in [5.74, 6) is 0.554. The van der Waals surface area contributed by atoms with E-state index in [2.05, 4.69) is 59.1 Å². The van der Waals surface area contributed by atoms with Gasteiger partial charge in [0.2, 0.25) is 11.1 Å². The molecule has 0 aliphatic rings. The minimum atomic E-state index is -0.204. The number of anilines is 1. The number of carbonyl (C=O) groups excluding carboxylic acids is 2. The molecule has 3 aromatic rings. The minimum Gasteiger partial charge on any atom is -0.492 e. The first-order valence-electron chi connectivity index (χ1n) is 10.5. The summed E-state index contributed by atoms with van der Waals surface area (Å²) in [7, 11) is 1.71. The second kappa shape index (κ2) is 11.0. The van der Waals surface area contributed by atoms with Gasteiger partial charge in [0, 0.05) is 18.3 Å². The Balaban J connectivity index is 1.39. The van der Waals surface area contributed by atoms with Crippen molar-refractivity contribution in [1.82, 2.24) is 25.5 Å². The zero-order valence-corrected chi connectivity index (χ0v) is 20.0. The third-order valence-electron chi connectivity index (χ3n) is 4.72. The molecule has 2 amide bonds. The van der Waals surface area contributed by atoms with Crippen molar-refractivity contribution in [3.8, 4) is 5.75 Å². The fourth-order valence-corrected chi connectivity index (χ4v) is 3.51. The van der Waals surface area contributed by atoms with Crippen molar-refractivity contribution in [3.05, 3.63) is 59.7 Å². The van der Waals surface area contributed by atoms with Gasteiger partial charge in [-0.2, -0.15) is 0 Å². The quantitative estimate of drug-likeness (QED) is 0.367. The predicted molar refractivity (Wildman–Crippen MR) is 128 cm³/mol. The van der Waals surface area contributed by atoms with E-state index in [0.717, 1.165) is 5.75 Å². The lowest BCUT2D eigenvalue weighted by atomic mass is 9.87. The maximum absolute atomic E-state index is 12.3. The number of ether oxygens (including phenoxy) is 1. The molecule has 1 heterocycles. The molecule has 3 rings (SSSR count). The van der Waals surface area contributed by atoms with Gasteiger partial charge in [0.1, 0.15) is 12.4 Å². The molecular formula is C23H28N6O3S. The van der Waals surface area contributed by atoms with Gasteiger partial charge in [-0.05, 0) is 57.8 Å². The van der Waals surface area contributed by atoms with Crippen LogP contribution in [-0.4, -0.2) is 50.9 Å². The van der Waals surface area contributed by atoms with Crippen molar-refractivity contribution >= 4 is 29.3 Å². The summed E-state index contributed by atoms with van der Waals surface area (Å²) in [4.78, 5) is 24.4. The van der Waals surface area contributed by atoms with Gasteiger partial charge in [-0.1, -0.05) is 44.7 Å². The number of amides is 2. The molecule has 9 nitrogen and oxygen atoms in total. The molecule has 33 heavy (non-hydrogen) atoms. The van der Waals surface area contributed by atoms with Gasteiger partial charge in [-0.15, -0.1) is 5.10 Å². The van der Waals surface area contributed by atoms with E-state index in [9.17, 15) is 9.59 Å². The number of aryl methyl sites for hydroxylation is 1. The Labute approximate surface area is 197 Å². The first kappa shape index (κ1) is 24.2. The number of tetrazole rings is 1. The fourth-order valence-electron chi connectivity index (χ4n) is 2.86. The van der Waals surface area contributed by atoms with Gasteiger partial charge in [0.05, 0.1) is 12.3 Å². The SMILES string of the molecule is Cn1nnnc1SCC(=O)Nc1ccc(C(=O)NCCOc2ccc(C(C)(C)C)cc2)cc1. The first-order chi connectivity index (χ1) is 15.7.